The van der Waals surface area contributed by atoms with Gasteiger partial charge in [-0.05, 0) is 24.3 Å². The van der Waals surface area contributed by atoms with E-state index in [9.17, 15) is 9.90 Å². The summed E-state index contributed by atoms with van der Waals surface area (Å²) >= 11 is 0. The summed E-state index contributed by atoms with van der Waals surface area (Å²) in [7, 11) is 0. The number of fused-ring (bicyclic) bond motifs is 1. The zero-order chi connectivity index (χ0) is 13.2. The summed E-state index contributed by atoms with van der Waals surface area (Å²) in [6, 6.07) is 16.3. The molecule has 3 aromatic rings. The minimum absolute atomic E-state index is 0.568. The number of hydrogen-bond acceptors (Lipinski definition) is 2. The third-order valence-electron chi connectivity index (χ3n) is 2.83. The minimum Gasteiger partial charge on any atom is -0.463 e. The van der Waals surface area contributed by atoms with Gasteiger partial charge in [0, 0.05) is 0 Å². The van der Waals surface area contributed by atoms with E-state index in [-0.39, 0.29) is 0 Å². The van der Waals surface area contributed by atoms with Gasteiger partial charge < -0.3 is 5.11 Å². The summed E-state index contributed by atoms with van der Waals surface area (Å²) in [6.07, 6.45) is 0.445. The lowest BCUT2D eigenvalue weighted by atomic mass is 10.3. The topological polar surface area (TPSA) is 58.4 Å². The molecule has 0 spiro atoms. The lowest BCUT2D eigenvalue weighted by Gasteiger charge is -2.20. The average molecular weight is 253 g/mol. The highest BCUT2D eigenvalue weighted by atomic mass is 16.4. The Hall–Kier alpha value is -2.82. The zero-order valence-corrected chi connectivity index (χ0v) is 9.97. The van der Waals surface area contributed by atoms with E-state index in [0.29, 0.717) is 5.69 Å². The zero-order valence-electron chi connectivity index (χ0n) is 9.97. The second-order valence-corrected chi connectivity index (χ2v) is 4.01. The van der Waals surface area contributed by atoms with Crippen molar-refractivity contribution in [3.8, 4) is 0 Å². The van der Waals surface area contributed by atoms with Crippen LogP contribution in [-0.4, -0.2) is 20.9 Å². The maximum atomic E-state index is 11.5. The number of carbonyl (C=O) groups is 1. The number of imidazole rings is 1. The molecule has 0 bridgehead atoms. The number of carboxylic acid groups (broad SMARTS) is 1. The molecule has 0 saturated carbocycles. The first-order chi connectivity index (χ1) is 9.27. The van der Waals surface area contributed by atoms with Crippen molar-refractivity contribution < 1.29 is 9.90 Å². The van der Waals surface area contributed by atoms with Crippen molar-refractivity contribution in [1.29, 1.82) is 0 Å². The van der Waals surface area contributed by atoms with Crippen LogP contribution in [-0.2, 0) is 0 Å². The fraction of sp³-hybridized carbons (Fsp3) is 0. The monoisotopic (exact) mass is 253 g/mol. The molecule has 3 rings (SSSR count). The molecule has 2 aromatic carbocycles. The number of para-hydroxylation sites is 3. The lowest BCUT2D eigenvalue weighted by molar-refractivity contribution is 0.199. The van der Waals surface area contributed by atoms with E-state index in [4.69, 9.17) is 0 Å². The molecule has 1 heterocycles. The van der Waals surface area contributed by atoms with Gasteiger partial charge in [0.2, 0.25) is 0 Å². The van der Waals surface area contributed by atoms with Crippen LogP contribution in [0.15, 0.2) is 60.9 Å². The molecule has 94 valence electrons. The Morgan fingerprint density at radius 2 is 1.74 bits per heavy atom. The molecular weight excluding hydrogens is 242 g/mol. The summed E-state index contributed by atoms with van der Waals surface area (Å²) in [5.74, 6) is 0. The van der Waals surface area contributed by atoms with Crippen molar-refractivity contribution in [2.75, 3.05) is 5.01 Å². The van der Waals surface area contributed by atoms with E-state index in [2.05, 4.69) is 4.98 Å². The van der Waals surface area contributed by atoms with Gasteiger partial charge in [0.1, 0.15) is 6.33 Å². The maximum absolute atomic E-state index is 11.5. The number of hydrogen-bond donors (Lipinski definition) is 1. The first kappa shape index (κ1) is 11.3. The number of amides is 1. The van der Waals surface area contributed by atoms with E-state index in [1.165, 1.54) is 11.0 Å². The summed E-state index contributed by atoms with van der Waals surface area (Å²) in [5, 5.41) is 10.6. The Kier molecular flexibility index (Phi) is 2.64. The molecule has 1 aromatic heterocycles. The normalized spacial score (nSPS) is 10.5. The molecule has 0 aliphatic carbocycles. The van der Waals surface area contributed by atoms with Gasteiger partial charge in [0.25, 0.3) is 0 Å². The standard InChI is InChI=1S/C14H11N3O2/c18-14(19)17(11-6-2-1-3-7-11)16-10-15-12-8-4-5-9-13(12)16/h1-10H,(H,18,19). The summed E-state index contributed by atoms with van der Waals surface area (Å²) < 4.78 is 1.52. The van der Waals surface area contributed by atoms with E-state index in [1.807, 2.05) is 30.3 Å². The first-order valence-electron chi connectivity index (χ1n) is 5.78. The van der Waals surface area contributed by atoms with Crippen molar-refractivity contribution in [3.63, 3.8) is 0 Å². The Bertz CT molecular complexity index is 722. The number of benzene rings is 2. The van der Waals surface area contributed by atoms with Crippen LogP contribution in [0.1, 0.15) is 0 Å². The van der Waals surface area contributed by atoms with Crippen LogP contribution in [0.4, 0.5) is 10.5 Å². The maximum Gasteiger partial charge on any atom is 0.431 e. The number of aromatic nitrogens is 2. The van der Waals surface area contributed by atoms with E-state index < -0.39 is 6.09 Å². The molecule has 19 heavy (non-hydrogen) atoms. The van der Waals surface area contributed by atoms with Crippen LogP contribution in [0.3, 0.4) is 0 Å². The van der Waals surface area contributed by atoms with Crippen LogP contribution in [0.5, 0.6) is 0 Å². The van der Waals surface area contributed by atoms with Gasteiger partial charge in [0.15, 0.2) is 0 Å². The molecular formula is C14H11N3O2. The molecule has 0 aliphatic rings. The third kappa shape index (κ3) is 1.91. The Morgan fingerprint density at radius 3 is 2.47 bits per heavy atom. The number of anilines is 1. The molecule has 1 amide bonds. The molecule has 0 fully saturated rings. The molecule has 5 nitrogen and oxygen atoms in total. The van der Waals surface area contributed by atoms with Gasteiger partial charge in [-0.2, -0.15) is 5.01 Å². The SMILES string of the molecule is O=C(O)N(c1ccccc1)n1cnc2ccccc21. The van der Waals surface area contributed by atoms with Gasteiger partial charge in [-0.3, -0.25) is 0 Å². The first-order valence-corrected chi connectivity index (χ1v) is 5.78. The minimum atomic E-state index is -1.06. The van der Waals surface area contributed by atoms with Crippen LogP contribution >= 0.6 is 0 Å². The molecule has 0 unspecified atom stereocenters. The number of rotatable bonds is 2. The van der Waals surface area contributed by atoms with Crippen molar-refractivity contribution in [3.05, 3.63) is 60.9 Å². The van der Waals surface area contributed by atoms with Crippen LogP contribution in [0.25, 0.3) is 11.0 Å². The van der Waals surface area contributed by atoms with E-state index in [1.54, 1.807) is 24.3 Å². The van der Waals surface area contributed by atoms with Crippen molar-refractivity contribution in [2.24, 2.45) is 0 Å². The van der Waals surface area contributed by atoms with Crippen molar-refractivity contribution in [1.82, 2.24) is 9.66 Å². The summed E-state index contributed by atoms with van der Waals surface area (Å²) in [4.78, 5) is 15.7. The van der Waals surface area contributed by atoms with Gasteiger partial charge in [0.05, 0.1) is 16.7 Å². The van der Waals surface area contributed by atoms with E-state index >= 15 is 0 Å². The fourth-order valence-corrected chi connectivity index (χ4v) is 2.00. The summed E-state index contributed by atoms with van der Waals surface area (Å²) in [6.45, 7) is 0. The molecule has 1 N–H and O–H groups in total. The third-order valence-corrected chi connectivity index (χ3v) is 2.83. The Morgan fingerprint density at radius 1 is 1.05 bits per heavy atom. The summed E-state index contributed by atoms with van der Waals surface area (Å²) in [5.41, 5.74) is 2.07. The van der Waals surface area contributed by atoms with Gasteiger partial charge >= 0.3 is 6.09 Å². The van der Waals surface area contributed by atoms with Crippen LogP contribution in [0, 0.1) is 0 Å². The van der Waals surface area contributed by atoms with Crippen LogP contribution in [0.2, 0.25) is 0 Å². The van der Waals surface area contributed by atoms with Gasteiger partial charge in [-0.1, -0.05) is 30.3 Å². The molecule has 0 aliphatic heterocycles. The Labute approximate surface area is 109 Å². The second-order valence-electron chi connectivity index (χ2n) is 4.01. The fourth-order valence-electron chi connectivity index (χ4n) is 2.00. The van der Waals surface area contributed by atoms with Crippen molar-refractivity contribution in [2.45, 2.75) is 0 Å². The number of nitrogens with zero attached hydrogens (tertiary/aromatic N) is 3. The predicted octanol–water partition coefficient (Wildman–Crippen LogP) is 2.98. The van der Waals surface area contributed by atoms with Gasteiger partial charge in [-0.15, -0.1) is 0 Å². The Balaban J connectivity index is 2.18. The highest BCUT2D eigenvalue weighted by Gasteiger charge is 2.18. The van der Waals surface area contributed by atoms with Crippen molar-refractivity contribution >= 4 is 22.8 Å². The molecule has 0 atom stereocenters. The molecule has 0 radical (unpaired) electrons. The van der Waals surface area contributed by atoms with E-state index in [0.717, 1.165) is 16.0 Å². The largest absolute Gasteiger partial charge is 0.463 e. The predicted molar refractivity (Wildman–Crippen MR) is 72.1 cm³/mol. The second kappa shape index (κ2) is 4.45. The smallest absolute Gasteiger partial charge is 0.431 e. The lowest BCUT2D eigenvalue weighted by Crippen LogP contribution is -2.34. The molecule has 0 saturated heterocycles. The average Bonchev–Trinajstić information content (AvgIpc) is 2.84. The molecule has 5 heteroatoms. The quantitative estimate of drug-likeness (QED) is 0.763. The highest BCUT2D eigenvalue weighted by Crippen LogP contribution is 2.19. The van der Waals surface area contributed by atoms with Crippen LogP contribution < -0.4 is 5.01 Å². The highest BCUT2D eigenvalue weighted by molar-refractivity contribution is 5.88. The van der Waals surface area contributed by atoms with Gasteiger partial charge in [-0.25, -0.2) is 14.5 Å².